The maximum atomic E-state index is 12.4. The molecule has 4 rings (SSSR count). The Balaban J connectivity index is 1.36. The molecule has 0 radical (unpaired) electrons. The zero-order valence-corrected chi connectivity index (χ0v) is 14.8. The molecule has 0 saturated carbocycles. The Morgan fingerprint density at radius 2 is 2.04 bits per heavy atom. The number of morpholine rings is 1. The highest BCUT2D eigenvalue weighted by Gasteiger charge is 2.26. The van der Waals surface area contributed by atoms with Crippen molar-refractivity contribution in [3.63, 3.8) is 0 Å². The van der Waals surface area contributed by atoms with Crippen molar-refractivity contribution in [2.75, 3.05) is 44.7 Å². The van der Waals surface area contributed by atoms with Crippen LogP contribution in [0.5, 0.6) is 0 Å². The van der Waals surface area contributed by atoms with Gasteiger partial charge in [-0.05, 0) is 42.4 Å². The Morgan fingerprint density at radius 3 is 2.84 bits per heavy atom. The SMILES string of the molecule is CC1Cc2cc3c(cc2C1)[NH+]([O-])NC(=NCCCN1CCOCC1)N3. The number of quaternary nitrogens is 1. The van der Waals surface area contributed by atoms with Crippen LogP contribution in [0.1, 0.15) is 24.5 Å². The van der Waals surface area contributed by atoms with E-state index in [0.717, 1.165) is 63.5 Å². The molecular formula is C18H27N5O2. The van der Waals surface area contributed by atoms with E-state index >= 15 is 0 Å². The first-order valence-electron chi connectivity index (χ1n) is 9.28. The zero-order valence-electron chi connectivity index (χ0n) is 14.8. The van der Waals surface area contributed by atoms with E-state index in [1.54, 1.807) is 0 Å². The first-order chi connectivity index (χ1) is 12.2. The van der Waals surface area contributed by atoms with Gasteiger partial charge in [-0.1, -0.05) is 6.92 Å². The predicted molar refractivity (Wildman–Crippen MR) is 97.9 cm³/mol. The van der Waals surface area contributed by atoms with Crippen molar-refractivity contribution in [3.05, 3.63) is 28.5 Å². The topological polar surface area (TPSA) is 76.4 Å². The third kappa shape index (κ3) is 3.79. The van der Waals surface area contributed by atoms with Gasteiger partial charge in [-0.3, -0.25) is 4.90 Å². The molecule has 2 aliphatic heterocycles. The Hall–Kier alpha value is -1.67. The van der Waals surface area contributed by atoms with Crippen molar-refractivity contribution in [3.8, 4) is 0 Å². The summed E-state index contributed by atoms with van der Waals surface area (Å²) in [5, 5.41) is 15.6. The molecular weight excluding hydrogens is 318 g/mol. The molecule has 25 heavy (non-hydrogen) atoms. The quantitative estimate of drug-likeness (QED) is 0.545. The van der Waals surface area contributed by atoms with Crippen LogP contribution in [0, 0.1) is 11.1 Å². The maximum Gasteiger partial charge on any atom is 0.243 e. The third-order valence-corrected chi connectivity index (χ3v) is 5.21. The fourth-order valence-electron chi connectivity index (χ4n) is 3.91. The summed E-state index contributed by atoms with van der Waals surface area (Å²) in [4.78, 5) is 6.94. The third-order valence-electron chi connectivity index (χ3n) is 5.21. The van der Waals surface area contributed by atoms with Crippen LogP contribution < -0.4 is 15.9 Å². The van der Waals surface area contributed by atoms with E-state index in [1.165, 1.54) is 11.1 Å². The second kappa shape index (κ2) is 7.29. The molecule has 3 aliphatic rings. The van der Waals surface area contributed by atoms with Crippen molar-refractivity contribution in [2.24, 2.45) is 10.9 Å². The number of rotatable bonds is 4. The molecule has 7 heteroatoms. The van der Waals surface area contributed by atoms with E-state index in [9.17, 15) is 5.21 Å². The number of anilines is 1. The van der Waals surface area contributed by atoms with Gasteiger partial charge in [0.25, 0.3) is 0 Å². The molecule has 1 fully saturated rings. The van der Waals surface area contributed by atoms with Gasteiger partial charge in [-0.25, -0.2) is 10.2 Å². The zero-order chi connectivity index (χ0) is 17.2. The molecule has 0 amide bonds. The number of hydrogen-bond donors (Lipinski definition) is 3. The van der Waals surface area contributed by atoms with Crippen molar-refractivity contribution in [1.29, 1.82) is 0 Å². The van der Waals surface area contributed by atoms with Gasteiger partial charge in [-0.2, -0.15) is 5.43 Å². The minimum Gasteiger partial charge on any atom is -0.603 e. The molecule has 0 spiro atoms. The Kier molecular flexibility index (Phi) is 4.89. The van der Waals surface area contributed by atoms with Gasteiger partial charge in [0.15, 0.2) is 5.69 Å². The molecule has 2 heterocycles. The van der Waals surface area contributed by atoms with E-state index in [4.69, 9.17) is 4.74 Å². The lowest BCUT2D eigenvalue weighted by molar-refractivity contribution is -0.816. The number of fused-ring (bicyclic) bond motifs is 2. The lowest BCUT2D eigenvalue weighted by atomic mass is 10.1. The second-order valence-electron chi connectivity index (χ2n) is 7.30. The minimum atomic E-state index is -0.0527. The van der Waals surface area contributed by atoms with Crippen LogP contribution >= 0.6 is 0 Å². The van der Waals surface area contributed by atoms with Gasteiger partial charge in [0.1, 0.15) is 5.69 Å². The Morgan fingerprint density at radius 1 is 1.28 bits per heavy atom. The highest BCUT2D eigenvalue weighted by atomic mass is 16.5. The molecule has 0 aromatic heterocycles. The highest BCUT2D eigenvalue weighted by molar-refractivity contribution is 5.96. The Labute approximate surface area is 148 Å². The fraction of sp³-hybridized carbons (Fsp3) is 0.611. The second-order valence-corrected chi connectivity index (χ2v) is 7.30. The lowest BCUT2D eigenvalue weighted by Crippen LogP contribution is -3.11. The minimum absolute atomic E-state index is 0.0527. The van der Waals surface area contributed by atoms with Gasteiger partial charge in [0.2, 0.25) is 5.96 Å². The Bertz CT molecular complexity index is 657. The molecule has 2 unspecified atom stereocenters. The lowest BCUT2D eigenvalue weighted by Gasteiger charge is -2.31. The molecule has 3 N–H and O–H groups in total. The summed E-state index contributed by atoms with van der Waals surface area (Å²) in [7, 11) is 0. The molecule has 136 valence electrons. The van der Waals surface area contributed by atoms with E-state index in [-0.39, 0.29) is 5.17 Å². The molecule has 1 aromatic carbocycles. The summed E-state index contributed by atoms with van der Waals surface area (Å²) in [6.07, 6.45) is 3.14. The molecule has 7 nitrogen and oxygen atoms in total. The van der Waals surface area contributed by atoms with Gasteiger partial charge < -0.3 is 15.3 Å². The number of aliphatic imine (C=N–C) groups is 1. The molecule has 2 atom stereocenters. The number of hydrogen-bond acceptors (Lipinski definition) is 4. The predicted octanol–water partition coefficient (Wildman–Crippen LogP) is 0.444. The van der Waals surface area contributed by atoms with Gasteiger partial charge in [0.05, 0.1) is 13.2 Å². The number of ether oxygens (including phenoxy) is 1. The fourth-order valence-corrected chi connectivity index (χ4v) is 3.91. The summed E-state index contributed by atoms with van der Waals surface area (Å²) in [5.41, 5.74) is 7.18. The molecule has 1 saturated heterocycles. The van der Waals surface area contributed by atoms with Crippen molar-refractivity contribution in [1.82, 2.24) is 10.3 Å². The number of nitrogens with one attached hydrogen (secondary N) is 3. The number of nitrogens with zero attached hydrogens (tertiary/aromatic N) is 2. The summed E-state index contributed by atoms with van der Waals surface area (Å²) in [5.74, 6) is 1.24. The summed E-state index contributed by atoms with van der Waals surface area (Å²) in [6, 6.07) is 4.18. The van der Waals surface area contributed by atoms with Crippen LogP contribution in [0.3, 0.4) is 0 Å². The van der Waals surface area contributed by atoms with Crippen LogP contribution in [-0.4, -0.2) is 50.3 Å². The van der Waals surface area contributed by atoms with Crippen LogP contribution in [0.2, 0.25) is 0 Å². The van der Waals surface area contributed by atoms with Crippen molar-refractivity contribution < 1.29 is 9.91 Å². The summed E-state index contributed by atoms with van der Waals surface area (Å²) >= 11 is 0. The van der Waals surface area contributed by atoms with E-state index in [0.29, 0.717) is 18.4 Å². The first kappa shape index (κ1) is 16.8. The average molecular weight is 345 g/mol. The maximum absolute atomic E-state index is 12.4. The van der Waals surface area contributed by atoms with Gasteiger partial charge in [0, 0.05) is 32.2 Å². The largest absolute Gasteiger partial charge is 0.603 e. The van der Waals surface area contributed by atoms with E-state index < -0.39 is 0 Å². The summed E-state index contributed by atoms with van der Waals surface area (Å²) in [6.45, 7) is 7.64. The van der Waals surface area contributed by atoms with Gasteiger partial charge in [-0.15, -0.1) is 0 Å². The normalized spacial score (nSPS) is 27.5. The van der Waals surface area contributed by atoms with Crippen LogP contribution in [0.15, 0.2) is 17.1 Å². The molecule has 1 aliphatic carbocycles. The molecule has 1 aromatic rings. The number of guanidine groups is 1. The van der Waals surface area contributed by atoms with E-state index in [1.807, 2.05) is 6.07 Å². The monoisotopic (exact) mass is 345 g/mol. The smallest absolute Gasteiger partial charge is 0.243 e. The molecule has 0 bridgehead atoms. The van der Waals surface area contributed by atoms with Crippen LogP contribution in [0.4, 0.5) is 11.4 Å². The van der Waals surface area contributed by atoms with E-state index in [2.05, 4.69) is 33.6 Å². The standard InChI is InChI=1S/C18H27N5O2/c1-13-9-14-11-16-17(12-15(14)10-13)23(24)21-18(20-16)19-3-2-4-22-5-7-25-8-6-22/h11-13,23H,2-10H2,1H3,(H2,19,20,21). The first-order valence-corrected chi connectivity index (χ1v) is 9.28. The number of benzene rings is 1. The van der Waals surface area contributed by atoms with Crippen LogP contribution in [0.25, 0.3) is 0 Å². The average Bonchev–Trinajstić information content (AvgIpc) is 2.97. The summed E-state index contributed by atoms with van der Waals surface area (Å²) < 4.78 is 5.36. The van der Waals surface area contributed by atoms with Crippen LogP contribution in [-0.2, 0) is 17.6 Å². The highest BCUT2D eigenvalue weighted by Crippen LogP contribution is 2.33. The van der Waals surface area contributed by atoms with Crippen molar-refractivity contribution >= 4 is 17.3 Å². The van der Waals surface area contributed by atoms with Crippen molar-refractivity contribution in [2.45, 2.75) is 26.2 Å². The van der Waals surface area contributed by atoms with Gasteiger partial charge >= 0.3 is 0 Å².